The van der Waals surface area contributed by atoms with Crippen LogP contribution < -0.4 is 5.32 Å². The van der Waals surface area contributed by atoms with E-state index < -0.39 is 5.97 Å². The lowest BCUT2D eigenvalue weighted by Crippen LogP contribution is -2.28. The van der Waals surface area contributed by atoms with E-state index in [0.29, 0.717) is 12.8 Å². The number of carboxylic acids is 1. The summed E-state index contributed by atoms with van der Waals surface area (Å²) in [4.78, 5) is 35.0. The quantitative estimate of drug-likeness (QED) is 0.0380. The van der Waals surface area contributed by atoms with Crippen molar-refractivity contribution < 1.29 is 24.2 Å². The zero-order chi connectivity index (χ0) is 37.3. The Morgan fingerprint density at radius 1 is 0.549 bits per heavy atom. The van der Waals surface area contributed by atoms with Crippen LogP contribution in [-0.2, 0) is 19.1 Å². The lowest BCUT2D eigenvalue weighted by atomic mass is 10.1. The Kier molecular flexibility index (Phi) is 37.6. The number of carboxylic acid groups (broad SMARTS) is 1. The summed E-state index contributed by atoms with van der Waals surface area (Å²) in [5, 5.41) is 11.1. The fourth-order valence-corrected chi connectivity index (χ4v) is 5.83. The van der Waals surface area contributed by atoms with Gasteiger partial charge < -0.3 is 15.2 Å². The van der Waals surface area contributed by atoms with Crippen LogP contribution in [0.25, 0.3) is 0 Å². The van der Waals surface area contributed by atoms with Gasteiger partial charge in [-0.2, -0.15) is 0 Å². The highest BCUT2D eigenvalue weighted by Gasteiger charge is 2.12. The van der Waals surface area contributed by atoms with Crippen molar-refractivity contribution in [2.75, 3.05) is 6.54 Å². The van der Waals surface area contributed by atoms with Crippen LogP contribution in [0.2, 0.25) is 0 Å². The van der Waals surface area contributed by atoms with Crippen LogP contribution in [0.3, 0.4) is 0 Å². The maximum absolute atomic E-state index is 12.7. The molecule has 0 heterocycles. The molecule has 0 saturated heterocycles. The molecule has 0 aliphatic heterocycles. The fraction of sp³-hybridized carbons (Fsp3) is 0.711. The van der Waals surface area contributed by atoms with Crippen molar-refractivity contribution in [1.82, 2.24) is 5.32 Å². The predicted molar refractivity (Wildman–Crippen MR) is 217 cm³/mol. The van der Waals surface area contributed by atoms with Gasteiger partial charge in [0, 0.05) is 12.8 Å². The third-order valence-corrected chi connectivity index (χ3v) is 8.91. The van der Waals surface area contributed by atoms with Crippen LogP contribution in [0.15, 0.2) is 60.8 Å². The topological polar surface area (TPSA) is 92.7 Å². The molecule has 0 aromatic carbocycles. The number of nitrogens with one attached hydrogen (secondary N) is 1. The Morgan fingerprint density at radius 3 is 1.59 bits per heavy atom. The number of hydrogen-bond acceptors (Lipinski definition) is 4. The summed E-state index contributed by atoms with van der Waals surface area (Å²) in [6.45, 7) is 4.08. The lowest BCUT2D eigenvalue weighted by Gasteiger charge is -2.15. The molecule has 1 atom stereocenters. The summed E-state index contributed by atoms with van der Waals surface area (Å²) < 4.78 is 5.91. The molecule has 0 fully saturated rings. The van der Waals surface area contributed by atoms with Crippen LogP contribution in [0.1, 0.15) is 194 Å². The van der Waals surface area contributed by atoms with Crippen molar-refractivity contribution in [3.63, 3.8) is 0 Å². The third kappa shape index (κ3) is 39.7. The first kappa shape index (κ1) is 48.1. The molecule has 1 unspecified atom stereocenters. The molecule has 0 aromatic heterocycles. The van der Waals surface area contributed by atoms with Gasteiger partial charge in [-0.1, -0.05) is 158 Å². The highest BCUT2D eigenvalue weighted by atomic mass is 16.5. The second kappa shape index (κ2) is 39.9. The van der Waals surface area contributed by atoms with E-state index in [-0.39, 0.29) is 24.5 Å². The average molecular weight is 712 g/mol. The Morgan fingerprint density at radius 2 is 1.02 bits per heavy atom. The first-order valence-corrected chi connectivity index (χ1v) is 20.9. The standard InChI is InChI=1S/C45H77NO5/c1-3-5-7-9-11-13-14-15-16-17-18-19-20-21-22-23-24-26-28-30-36-40-45(50)51-42(37-33-29-27-25-12-10-8-6-4-2)38-34-31-32-35-39-43(47)46-41-44(48)49/h5,7,11,13,15-16,18-19,33,37,42H,3-4,6,8-10,12,14,17,20-32,34-36,38-41H2,1-2H3,(H,46,47)(H,48,49)/b7-5-,13-11-,16-15-,19-18-,37-33-. The number of carbonyl (C=O) groups excluding carboxylic acids is 2. The van der Waals surface area contributed by atoms with E-state index in [4.69, 9.17) is 9.84 Å². The molecule has 0 aromatic rings. The minimum Gasteiger partial charge on any atom is -0.480 e. The molecule has 0 rings (SSSR count). The Bertz CT molecular complexity index is 964. The molecular formula is C45H77NO5. The number of esters is 1. The normalized spacial score (nSPS) is 12.7. The summed E-state index contributed by atoms with van der Waals surface area (Å²) in [5.74, 6) is -1.34. The Balaban J connectivity index is 4.09. The minimum absolute atomic E-state index is 0.0912. The summed E-state index contributed by atoms with van der Waals surface area (Å²) in [6, 6.07) is 0. The van der Waals surface area contributed by atoms with Gasteiger partial charge in [0.25, 0.3) is 0 Å². The number of carbonyl (C=O) groups is 3. The van der Waals surface area contributed by atoms with Crippen molar-refractivity contribution in [3.8, 4) is 0 Å². The van der Waals surface area contributed by atoms with E-state index in [0.717, 1.165) is 77.0 Å². The van der Waals surface area contributed by atoms with Crippen molar-refractivity contribution in [2.24, 2.45) is 0 Å². The van der Waals surface area contributed by atoms with Gasteiger partial charge in [0.2, 0.25) is 5.91 Å². The van der Waals surface area contributed by atoms with Gasteiger partial charge in [-0.25, -0.2) is 0 Å². The zero-order valence-electron chi connectivity index (χ0n) is 32.9. The first-order valence-electron chi connectivity index (χ1n) is 20.9. The minimum atomic E-state index is -1.03. The van der Waals surface area contributed by atoms with Gasteiger partial charge in [0.05, 0.1) is 0 Å². The van der Waals surface area contributed by atoms with Crippen molar-refractivity contribution >= 4 is 17.8 Å². The molecule has 0 radical (unpaired) electrons. The van der Waals surface area contributed by atoms with E-state index in [1.54, 1.807) is 0 Å². The second-order valence-electron chi connectivity index (χ2n) is 13.9. The van der Waals surface area contributed by atoms with Gasteiger partial charge in [0.1, 0.15) is 12.6 Å². The summed E-state index contributed by atoms with van der Waals surface area (Å²) in [6.07, 6.45) is 52.1. The molecule has 6 heteroatoms. The van der Waals surface area contributed by atoms with Crippen LogP contribution in [0, 0.1) is 0 Å². The van der Waals surface area contributed by atoms with Gasteiger partial charge in [0.15, 0.2) is 0 Å². The number of amides is 1. The maximum atomic E-state index is 12.7. The van der Waals surface area contributed by atoms with Gasteiger partial charge in [-0.05, 0) is 83.1 Å². The lowest BCUT2D eigenvalue weighted by molar-refractivity contribution is -0.147. The van der Waals surface area contributed by atoms with Gasteiger partial charge in [-0.3, -0.25) is 14.4 Å². The number of unbranched alkanes of at least 4 members (excludes halogenated alkanes) is 18. The molecule has 2 N–H and O–H groups in total. The molecule has 0 saturated carbocycles. The van der Waals surface area contributed by atoms with Crippen molar-refractivity contribution in [1.29, 1.82) is 0 Å². The largest absolute Gasteiger partial charge is 0.480 e. The van der Waals surface area contributed by atoms with Crippen LogP contribution in [-0.4, -0.2) is 35.6 Å². The highest BCUT2D eigenvalue weighted by Crippen LogP contribution is 2.16. The maximum Gasteiger partial charge on any atom is 0.322 e. The molecule has 292 valence electrons. The van der Waals surface area contributed by atoms with E-state index in [9.17, 15) is 14.4 Å². The monoisotopic (exact) mass is 712 g/mol. The summed E-state index contributed by atoms with van der Waals surface area (Å²) >= 11 is 0. The first-order chi connectivity index (χ1) is 25.0. The van der Waals surface area contributed by atoms with E-state index >= 15 is 0 Å². The Hall–Kier alpha value is -2.89. The molecule has 0 spiro atoms. The predicted octanol–water partition coefficient (Wildman–Crippen LogP) is 12.8. The number of hydrogen-bond donors (Lipinski definition) is 2. The van der Waals surface area contributed by atoms with Gasteiger partial charge in [-0.15, -0.1) is 0 Å². The molecule has 6 nitrogen and oxygen atoms in total. The molecule has 0 aliphatic rings. The van der Waals surface area contributed by atoms with Crippen LogP contribution in [0.4, 0.5) is 0 Å². The zero-order valence-corrected chi connectivity index (χ0v) is 32.9. The summed E-state index contributed by atoms with van der Waals surface area (Å²) in [5.41, 5.74) is 0. The Labute approximate surface area is 313 Å². The highest BCUT2D eigenvalue weighted by molar-refractivity contribution is 5.80. The number of rotatable bonds is 37. The van der Waals surface area contributed by atoms with Gasteiger partial charge >= 0.3 is 11.9 Å². The SMILES string of the molecule is CC/C=C\C/C=C\C/C=C\C/C=C\CCCCCCCCCCC(=O)OC(/C=C\CCCCCCCCC)CCCCCCC(=O)NCC(=O)O. The fourth-order valence-electron chi connectivity index (χ4n) is 5.83. The third-order valence-electron chi connectivity index (χ3n) is 8.91. The number of aliphatic carboxylic acids is 1. The molecular weight excluding hydrogens is 634 g/mol. The smallest absolute Gasteiger partial charge is 0.322 e. The summed E-state index contributed by atoms with van der Waals surface area (Å²) in [7, 11) is 0. The average Bonchev–Trinajstić information content (AvgIpc) is 3.11. The van der Waals surface area contributed by atoms with E-state index in [2.05, 4.69) is 79.9 Å². The van der Waals surface area contributed by atoms with Crippen LogP contribution >= 0.6 is 0 Å². The molecule has 51 heavy (non-hydrogen) atoms. The molecule has 1 amide bonds. The van der Waals surface area contributed by atoms with E-state index in [1.165, 1.54) is 89.9 Å². The van der Waals surface area contributed by atoms with E-state index in [1.807, 2.05) is 0 Å². The number of ether oxygens (including phenoxy) is 1. The molecule has 0 aliphatic carbocycles. The molecule has 0 bridgehead atoms. The van der Waals surface area contributed by atoms with Crippen molar-refractivity contribution in [3.05, 3.63) is 60.8 Å². The van der Waals surface area contributed by atoms with Crippen LogP contribution in [0.5, 0.6) is 0 Å². The number of allylic oxidation sites excluding steroid dienone is 9. The van der Waals surface area contributed by atoms with Crippen molar-refractivity contribution in [2.45, 2.75) is 200 Å². The second-order valence-corrected chi connectivity index (χ2v) is 13.9.